The molecule has 0 saturated carbocycles. The van der Waals surface area contributed by atoms with Crippen LogP contribution in [-0.4, -0.2) is 35.5 Å². The predicted octanol–water partition coefficient (Wildman–Crippen LogP) is 1.62. The summed E-state index contributed by atoms with van der Waals surface area (Å²) in [5, 5.41) is 14.8. The molecule has 1 amide bonds. The first kappa shape index (κ1) is 14.1. The van der Waals surface area contributed by atoms with Gasteiger partial charge in [-0.1, -0.05) is 35.5 Å². The van der Waals surface area contributed by atoms with Crippen molar-refractivity contribution in [3.8, 4) is 0 Å². The molecule has 0 saturated heterocycles. The van der Waals surface area contributed by atoms with Gasteiger partial charge in [-0.05, 0) is 11.6 Å². The molecule has 8 heteroatoms. The van der Waals surface area contributed by atoms with Gasteiger partial charge in [0.1, 0.15) is 5.82 Å². The van der Waals surface area contributed by atoms with E-state index in [-0.39, 0.29) is 11.6 Å². The van der Waals surface area contributed by atoms with Crippen molar-refractivity contribution in [2.45, 2.75) is 6.54 Å². The molecule has 0 aliphatic carbocycles. The lowest BCUT2D eigenvalue weighted by atomic mass is 10.2. The van der Waals surface area contributed by atoms with E-state index in [9.17, 15) is 4.79 Å². The monoisotopic (exact) mass is 319 g/mol. The highest BCUT2D eigenvalue weighted by Gasteiger charge is 2.13. The Labute approximate surface area is 136 Å². The third-order valence-corrected chi connectivity index (χ3v) is 3.49. The van der Waals surface area contributed by atoms with Gasteiger partial charge in [0, 0.05) is 12.3 Å². The van der Waals surface area contributed by atoms with Crippen LogP contribution < -0.4 is 5.32 Å². The van der Waals surface area contributed by atoms with Crippen LogP contribution >= 0.6 is 0 Å². The fraction of sp³-hybridized carbons (Fsp3) is 0.0625. The van der Waals surface area contributed by atoms with E-state index >= 15 is 0 Å². The second kappa shape index (κ2) is 5.92. The van der Waals surface area contributed by atoms with Crippen LogP contribution in [-0.2, 0) is 6.54 Å². The lowest BCUT2D eigenvalue weighted by molar-refractivity contribution is 0.102. The molecule has 8 nitrogen and oxygen atoms in total. The van der Waals surface area contributed by atoms with Crippen LogP contribution in [0.5, 0.6) is 0 Å². The minimum atomic E-state index is -0.350. The molecule has 1 N–H and O–H groups in total. The fourth-order valence-corrected chi connectivity index (χ4v) is 2.36. The van der Waals surface area contributed by atoms with Crippen molar-refractivity contribution in [1.82, 2.24) is 29.6 Å². The van der Waals surface area contributed by atoms with E-state index in [1.54, 1.807) is 39.9 Å². The third kappa shape index (κ3) is 2.72. The second-order valence-electron chi connectivity index (χ2n) is 5.17. The number of carbonyl (C=O) groups excluding carboxylic acids is 1. The Bertz CT molecular complexity index is 990. The number of carbonyl (C=O) groups is 1. The molecule has 0 radical (unpaired) electrons. The van der Waals surface area contributed by atoms with Gasteiger partial charge in [-0.2, -0.15) is 9.61 Å². The van der Waals surface area contributed by atoms with Crippen LogP contribution in [0.15, 0.2) is 61.1 Å². The minimum absolute atomic E-state index is 0.239. The first-order chi connectivity index (χ1) is 11.8. The molecule has 0 atom stereocenters. The average molecular weight is 319 g/mol. The first-order valence-corrected chi connectivity index (χ1v) is 7.34. The molecule has 4 rings (SSSR count). The van der Waals surface area contributed by atoms with E-state index in [4.69, 9.17) is 0 Å². The highest BCUT2D eigenvalue weighted by Crippen LogP contribution is 2.10. The zero-order valence-electron chi connectivity index (χ0n) is 12.6. The summed E-state index contributed by atoms with van der Waals surface area (Å²) >= 11 is 0. The van der Waals surface area contributed by atoms with Crippen LogP contribution in [0.4, 0.5) is 5.82 Å². The van der Waals surface area contributed by atoms with Gasteiger partial charge in [0.05, 0.1) is 18.9 Å². The van der Waals surface area contributed by atoms with E-state index in [1.807, 2.05) is 30.3 Å². The molecular weight excluding hydrogens is 306 g/mol. The van der Waals surface area contributed by atoms with Crippen LogP contribution in [0.1, 0.15) is 16.1 Å². The molecule has 0 bridgehead atoms. The van der Waals surface area contributed by atoms with Crippen molar-refractivity contribution in [1.29, 1.82) is 0 Å². The first-order valence-electron chi connectivity index (χ1n) is 7.34. The quantitative estimate of drug-likeness (QED) is 0.617. The Morgan fingerprint density at radius 2 is 1.96 bits per heavy atom. The molecule has 3 heterocycles. The molecule has 4 aromatic rings. The number of hydrogen-bond donors (Lipinski definition) is 1. The summed E-state index contributed by atoms with van der Waals surface area (Å²) in [6.45, 7) is 0.555. The maximum atomic E-state index is 12.4. The average Bonchev–Trinajstić information content (AvgIpc) is 3.25. The number of aromatic nitrogens is 6. The highest BCUT2D eigenvalue weighted by atomic mass is 16.2. The lowest BCUT2D eigenvalue weighted by Gasteiger charge is -2.04. The van der Waals surface area contributed by atoms with Gasteiger partial charge >= 0.3 is 0 Å². The van der Waals surface area contributed by atoms with Crippen molar-refractivity contribution >= 4 is 17.4 Å². The Hall–Kier alpha value is -3.55. The van der Waals surface area contributed by atoms with Crippen LogP contribution in [0.3, 0.4) is 0 Å². The normalized spacial score (nSPS) is 10.8. The SMILES string of the molecule is O=C(Nc1ccnc2ccnn12)c1cn(Cc2ccccc2)nn1. The van der Waals surface area contributed by atoms with Crippen molar-refractivity contribution in [2.24, 2.45) is 0 Å². The summed E-state index contributed by atoms with van der Waals surface area (Å²) in [5.41, 5.74) is 1.98. The van der Waals surface area contributed by atoms with Crippen LogP contribution in [0, 0.1) is 0 Å². The molecule has 118 valence electrons. The molecular formula is C16H13N7O. The van der Waals surface area contributed by atoms with Crippen molar-refractivity contribution in [3.05, 3.63) is 72.3 Å². The standard InChI is InChI=1S/C16H13N7O/c24-16(19-15-6-8-17-14-7-9-18-23(14)15)13-11-22(21-20-13)10-12-4-2-1-3-5-12/h1-9,11H,10H2,(H,19,24). The number of anilines is 1. The summed E-state index contributed by atoms with van der Waals surface area (Å²) < 4.78 is 3.17. The Morgan fingerprint density at radius 3 is 2.83 bits per heavy atom. The van der Waals surface area contributed by atoms with Crippen molar-refractivity contribution in [3.63, 3.8) is 0 Å². The van der Waals surface area contributed by atoms with Crippen molar-refractivity contribution in [2.75, 3.05) is 5.32 Å². The molecule has 0 aliphatic heterocycles. The number of amides is 1. The van der Waals surface area contributed by atoms with E-state index in [0.29, 0.717) is 18.0 Å². The molecule has 1 aromatic carbocycles. The Morgan fingerprint density at radius 1 is 1.08 bits per heavy atom. The molecule has 0 unspecified atom stereocenters. The number of nitrogens with one attached hydrogen (secondary N) is 1. The number of hydrogen-bond acceptors (Lipinski definition) is 5. The van der Waals surface area contributed by atoms with Gasteiger partial charge in [0.15, 0.2) is 11.3 Å². The molecule has 0 spiro atoms. The van der Waals surface area contributed by atoms with Gasteiger partial charge in [-0.15, -0.1) is 5.10 Å². The maximum absolute atomic E-state index is 12.4. The zero-order valence-corrected chi connectivity index (χ0v) is 12.6. The smallest absolute Gasteiger partial charge is 0.278 e. The van der Waals surface area contributed by atoms with Crippen LogP contribution in [0.2, 0.25) is 0 Å². The van der Waals surface area contributed by atoms with E-state index in [2.05, 4.69) is 25.7 Å². The summed E-state index contributed by atoms with van der Waals surface area (Å²) in [6, 6.07) is 13.3. The third-order valence-electron chi connectivity index (χ3n) is 3.49. The van der Waals surface area contributed by atoms with E-state index in [0.717, 1.165) is 5.56 Å². The number of nitrogens with zero attached hydrogens (tertiary/aromatic N) is 6. The maximum Gasteiger partial charge on any atom is 0.278 e. The Kier molecular flexibility index (Phi) is 3.47. The summed E-state index contributed by atoms with van der Waals surface area (Å²) in [7, 11) is 0. The largest absolute Gasteiger partial charge is 0.305 e. The lowest BCUT2D eigenvalue weighted by Crippen LogP contribution is -2.15. The number of benzene rings is 1. The minimum Gasteiger partial charge on any atom is -0.305 e. The molecule has 24 heavy (non-hydrogen) atoms. The number of fused-ring (bicyclic) bond motifs is 1. The molecule has 3 aromatic heterocycles. The van der Waals surface area contributed by atoms with E-state index in [1.165, 1.54) is 0 Å². The van der Waals surface area contributed by atoms with Gasteiger partial charge in [0.25, 0.3) is 5.91 Å². The summed E-state index contributed by atoms with van der Waals surface area (Å²) in [5.74, 6) is 0.171. The van der Waals surface area contributed by atoms with Gasteiger partial charge in [-0.25, -0.2) is 9.67 Å². The number of rotatable bonds is 4. The fourth-order valence-electron chi connectivity index (χ4n) is 2.36. The predicted molar refractivity (Wildman–Crippen MR) is 86.5 cm³/mol. The van der Waals surface area contributed by atoms with E-state index < -0.39 is 0 Å². The second-order valence-corrected chi connectivity index (χ2v) is 5.17. The van der Waals surface area contributed by atoms with Gasteiger partial charge in [0.2, 0.25) is 0 Å². The molecule has 0 fully saturated rings. The van der Waals surface area contributed by atoms with Crippen LogP contribution in [0.25, 0.3) is 5.65 Å². The van der Waals surface area contributed by atoms with Gasteiger partial charge in [-0.3, -0.25) is 4.79 Å². The topological polar surface area (TPSA) is 90.0 Å². The Balaban J connectivity index is 1.52. The van der Waals surface area contributed by atoms with Crippen molar-refractivity contribution < 1.29 is 4.79 Å². The summed E-state index contributed by atoms with van der Waals surface area (Å²) in [6.07, 6.45) is 4.84. The molecule has 0 aliphatic rings. The van der Waals surface area contributed by atoms with Gasteiger partial charge < -0.3 is 5.32 Å². The highest BCUT2D eigenvalue weighted by molar-refractivity contribution is 6.02. The zero-order chi connectivity index (χ0) is 16.4. The summed E-state index contributed by atoms with van der Waals surface area (Å²) in [4.78, 5) is 16.5.